The Kier molecular flexibility index (Phi) is 4.90. The summed E-state index contributed by atoms with van der Waals surface area (Å²) < 4.78 is 13.6. The van der Waals surface area contributed by atoms with E-state index in [9.17, 15) is 9.18 Å². The van der Waals surface area contributed by atoms with Gasteiger partial charge in [0.25, 0.3) is 0 Å². The molecule has 0 unspecified atom stereocenters. The van der Waals surface area contributed by atoms with Crippen molar-refractivity contribution in [2.24, 2.45) is 5.73 Å². The van der Waals surface area contributed by atoms with Gasteiger partial charge >= 0.3 is 6.03 Å². The lowest BCUT2D eigenvalue weighted by molar-refractivity contribution is 0.223. The van der Waals surface area contributed by atoms with Crippen LogP contribution in [0.5, 0.6) is 0 Å². The molecule has 0 atom stereocenters. The first-order valence-electron chi connectivity index (χ1n) is 5.51. The van der Waals surface area contributed by atoms with E-state index in [4.69, 9.17) is 5.73 Å². The average Bonchev–Trinajstić information content (AvgIpc) is 2.31. The van der Waals surface area contributed by atoms with Gasteiger partial charge in [0.15, 0.2) is 0 Å². The number of para-hydroxylation sites is 1. The molecule has 1 aromatic carbocycles. The molecule has 0 heterocycles. The van der Waals surface area contributed by atoms with Crippen molar-refractivity contribution in [3.63, 3.8) is 0 Å². The molecule has 0 spiro atoms. The van der Waals surface area contributed by atoms with Crippen LogP contribution in [0.3, 0.4) is 0 Å². The third-order valence-corrected chi connectivity index (χ3v) is 2.34. The number of anilines is 1. The van der Waals surface area contributed by atoms with Crippen LogP contribution in [0, 0.1) is 5.82 Å². The van der Waals surface area contributed by atoms with Crippen LogP contribution in [-0.4, -0.2) is 38.1 Å². The Morgan fingerprint density at radius 2 is 2.00 bits per heavy atom. The lowest BCUT2D eigenvalue weighted by atomic mass is 10.2. The highest BCUT2D eigenvalue weighted by atomic mass is 19.1. The summed E-state index contributed by atoms with van der Waals surface area (Å²) in [7, 11) is 3.28. The standard InChI is InChI=1S/C12H18FN3O/c1-15(2)12(17)16(9-5-8-14)11-7-4-3-6-10(11)13/h3-4,6-7H,5,8-9,14H2,1-2H3. The van der Waals surface area contributed by atoms with E-state index in [1.807, 2.05) is 0 Å². The topological polar surface area (TPSA) is 49.6 Å². The van der Waals surface area contributed by atoms with Crippen LogP contribution in [0.15, 0.2) is 24.3 Å². The molecule has 2 amide bonds. The highest BCUT2D eigenvalue weighted by Crippen LogP contribution is 2.19. The Morgan fingerprint density at radius 3 is 2.53 bits per heavy atom. The van der Waals surface area contributed by atoms with Gasteiger partial charge in [-0.15, -0.1) is 0 Å². The van der Waals surface area contributed by atoms with Crippen molar-refractivity contribution >= 4 is 11.7 Å². The highest BCUT2D eigenvalue weighted by molar-refractivity contribution is 5.91. The van der Waals surface area contributed by atoms with Crippen LogP contribution in [0.1, 0.15) is 6.42 Å². The van der Waals surface area contributed by atoms with Crippen molar-refractivity contribution in [3.8, 4) is 0 Å². The van der Waals surface area contributed by atoms with Crippen molar-refractivity contribution in [1.29, 1.82) is 0 Å². The third-order valence-electron chi connectivity index (χ3n) is 2.34. The maximum Gasteiger partial charge on any atom is 0.324 e. The van der Waals surface area contributed by atoms with Crippen LogP contribution >= 0.6 is 0 Å². The Bertz CT molecular complexity index is 382. The third kappa shape index (κ3) is 3.42. The Morgan fingerprint density at radius 1 is 1.35 bits per heavy atom. The Labute approximate surface area is 101 Å². The first-order valence-corrected chi connectivity index (χ1v) is 5.51. The second-order valence-corrected chi connectivity index (χ2v) is 3.92. The normalized spacial score (nSPS) is 10.1. The largest absolute Gasteiger partial charge is 0.330 e. The van der Waals surface area contributed by atoms with Crippen molar-refractivity contribution in [3.05, 3.63) is 30.1 Å². The van der Waals surface area contributed by atoms with Gasteiger partial charge < -0.3 is 10.6 Å². The maximum absolute atomic E-state index is 13.6. The number of nitrogens with two attached hydrogens (primary N) is 1. The van der Waals surface area contributed by atoms with Gasteiger partial charge in [0.05, 0.1) is 5.69 Å². The Hall–Kier alpha value is -1.62. The summed E-state index contributed by atoms with van der Waals surface area (Å²) in [5, 5.41) is 0. The molecule has 0 fully saturated rings. The van der Waals surface area contributed by atoms with Gasteiger partial charge in [0, 0.05) is 20.6 Å². The fourth-order valence-electron chi connectivity index (χ4n) is 1.48. The van der Waals surface area contributed by atoms with E-state index < -0.39 is 5.82 Å². The van der Waals surface area contributed by atoms with Gasteiger partial charge in [-0.2, -0.15) is 0 Å². The molecule has 0 aliphatic carbocycles. The lowest BCUT2D eigenvalue weighted by Gasteiger charge is -2.26. The number of carbonyl (C=O) groups is 1. The van der Waals surface area contributed by atoms with Crippen molar-refractivity contribution in [2.75, 3.05) is 32.1 Å². The van der Waals surface area contributed by atoms with E-state index in [0.717, 1.165) is 0 Å². The van der Waals surface area contributed by atoms with Gasteiger partial charge in [-0.3, -0.25) is 4.90 Å². The quantitative estimate of drug-likeness (QED) is 0.868. The number of nitrogens with zero attached hydrogens (tertiary/aromatic N) is 2. The summed E-state index contributed by atoms with van der Waals surface area (Å²) in [6, 6.07) is 5.99. The molecule has 1 aromatic rings. The number of halogens is 1. The van der Waals surface area contributed by atoms with Crippen LogP contribution in [0.4, 0.5) is 14.9 Å². The van der Waals surface area contributed by atoms with Gasteiger partial charge in [-0.1, -0.05) is 12.1 Å². The molecule has 1 rings (SSSR count). The molecule has 0 aliphatic rings. The van der Waals surface area contributed by atoms with E-state index in [1.54, 1.807) is 32.3 Å². The number of amides is 2. The second-order valence-electron chi connectivity index (χ2n) is 3.92. The summed E-state index contributed by atoms with van der Waals surface area (Å²) in [4.78, 5) is 14.8. The molecule has 2 N–H and O–H groups in total. The average molecular weight is 239 g/mol. The predicted molar refractivity (Wildman–Crippen MR) is 66.5 cm³/mol. The molecule has 0 saturated carbocycles. The first-order chi connectivity index (χ1) is 8.07. The smallest absolute Gasteiger partial charge is 0.324 e. The molecule has 17 heavy (non-hydrogen) atoms. The van der Waals surface area contributed by atoms with Crippen LogP contribution in [0.25, 0.3) is 0 Å². The maximum atomic E-state index is 13.6. The minimum absolute atomic E-state index is 0.247. The number of rotatable bonds is 4. The SMILES string of the molecule is CN(C)C(=O)N(CCCN)c1ccccc1F. The number of carbonyl (C=O) groups excluding carboxylic acids is 1. The number of hydrogen-bond acceptors (Lipinski definition) is 2. The minimum atomic E-state index is -0.403. The zero-order chi connectivity index (χ0) is 12.8. The molecule has 4 nitrogen and oxygen atoms in total. The summed E-state index contributed by atoms with van der Waals surface area (Å²) in [6.45, 7) is 0.875. The van der Waals surface area contributed by atoms with Crippen LogP contribution in [0.2, 0.25) is 0 Å². The van der Waals surface area contributed by atoms with Crippen molar-refractivity contribution < 1.29 is 9.18 Å². The van der Waals surface area contributed by atoms with Crippen molar-refractivity contribution in [1.82, 2.24) is 4.90 Å². The molecule has 0 bridgehead atoms. The van der Waals surface area contributed by atoms with E-state index in [1.165, 1.54) is 15.9 Å². The molecule has 0 saturated heterocycles. The molecule has 0 radical (unpaired) electrons. The minimum Gasteiger partial charge on any atom is -0.330 e. The van der Waals surface area contributed by atoms with Crippen molar-refractivity contribution in [2.45, 2.75) is 6.42 Å². The first kappa shape index (κ1) is 13.4. The van der Waals surface area contributed by atoms with Crippen LogP contribution < -0.4 is 10.6 Å². The summed E-state index contributed by atoms with van der Waals surface area (Å²) in [5.74, 6) is -0.403. The summed E-state index contributed by atoms with van der Waals surface area (Å²) in [5.41, 5.74) is 5.72. The van der Waals surface area contributed by atoms with Gasteiger partial charge in [0.1, 0.15) is 5.82 Å². The van der Waals surface area contributed by atoms with Crippen LogP contribution in [-0.2, 0) is 0 Å². The molecule has 94 valence electrons. The molecule has 0 aliphatic heterocycles. The number of benzene rings is 1. The van der Waals surface area contributed by atoms with E-state index in [-0.39, 0.29) is 6.03 Å². The second kappa shape index (κ2) is 6.20. The van der Waals surface area contributed by atoms with E-state index in [2.05, 4.69) is 0 Å². The number of urea groups is 1. The van der Waals surface area contributed by atoms with Gasteiger partial charge in [-0.05, 0) is 25.1 Å². The van der Waals surface area contributed by atoms with E-state index in [0.29, 0.717) is 25.2 Å². The fraction of sp³-hybridized carbons (Fsp3) is 0.417. The zero-order valence-corrected chi connectivity index (χ0v) is 10.2. The summed E-state index contributed by atoms with van der Waals surface area (Å²) in [6.07, 6.45) is 0.633. The predicted octanol–water partition coefficient (Wildman–Crippen LogP) is 1.66. The monoisotopic (exact) mass is 239 g/mol. The number of hydrogen-bond donors (Lipinski definition) is 1. The Balaban J connectivity index is 2.98. The zero-order valence-electron chi connectivity index (χ0n) is 10.2. The van der Waals surface area contributed by atoms with Gasteiger partial charge in [0.2, 0.25) is 0 Å². The van der Waals surface area contributed by atoms with Gasteiger partial charge in [-0.25, -0.2) is 9.18 Å². The summed E-state index contributed by atoms with van der Waals surface area (Å²) >= 11 is 0. The molecule has 0 aromatic heterocycles. The molecule has 5 heteroatoms. The van der Waals surface area contributed by atoms with E-state index >= 15 is 0 Å². The highest BCUT2D eigenvalue weighted by Gasteiger charge is 2.19. The molecular weight excluding hydrogens is 221 g/mol. The lowest BCUT2D eigenvalue weighted by Crippen LogP contribution is -2.40. The fourth-order valence-corrected chi connectivity index (χ4v) is 1.48. The molecular formula is C12H18FN3O.